The molecule has 108 valence electrons. The predicted molar refractivity (Wildman–Crippen MR) is 74.4 cm³/mol. The van der Waals surface area contributed by atoms with Gasteiger partial charge >= 0.3 is 0 Å². The summed E-state index contributed by atoms with van der Waals surface area (Å²) in [6.45, 7) is 5.00. The highest BCUT2D eigenvalue weighted by Gasteiger charge is 2.06. The number of nitrogens with zero attached hydrogens (tertiary/aromatic N) is 2. The fourth-order valence-electron chi connectivity index (χ4n) is 1.59. The monoisotopic (exact) mass is 288 g/mol. The molecule has 0 saturated heterocycles. The van der Waals surface area contributed by atoms with E-state index >= 15 is 0 Å². The van der Waals surface area contributed by atoms with Crippen molar-refractivity contribution in [1.82, 2.24) is 9.55 Å². The molecule has 0 aliphatic heterocycles. The highest BCUT2D eigenvalue weighted by molar-refractivity contribution is 7.89. The third kappa shape index (κ3) is 5.84. The normalized spacial score (nSPS) is 11.8. The van der Waals surface area contributed by atoms with E-state index in [-0.39, 0.29) is 17.1 Å². The van der Waals surface area contributed by atoms with Gasteiger partial charge in [-0.15, -0.1) is 0 Å². The zero-order valence-corrected chi connectivity index (χ0v) is 12.0. The zero-order valence-electron chi connectivity index (χ0n) is 11.2. The molecule has 0 fully saturated rings. The van der Waals surface area contributed by atoms with Gasteiger partial charge in [-0.05, 0) is 12.3 Å². The van der Waals surface area contributed by atoms with Crippen LogP contribution in [-0.4, -0.2) is 30.3 Å². The number of nitrogens with two attached hydrogens (primary N) is 1. The van der Waals surface area contributed by atoms with E-state index in [9.17, 15) is 13.2 Å². The minimum Gasteiger partial charge on any atom is -0.365 e. The van der Waals surface area contributed by atoms with Crippen LogP contribution < -0.4 is 16.0 Å². The summed E-state index contributed by atoms with van der Waals surface area (Å²) in [5.74, 6) is 0.473. The van der Waals surface area contributed by atoms with E-state index in [1.54, 1.807) is 17.0 Å². The van der Waals surface area contributed by atoms with E-state index in [1.807, 2.05) is 13.8 Å². The fraction of sp³-hybridized carbons (Fsp3) is 0.636. The van der Waals surface area contributed by atoms with Crippen molar-refractivity contribution in [2.45, 2.75) is 26.8 Å². The lowest BCUT2D eigenvalue weighted by Gasteiger charge is -2.10. The van der Waals surface area contributed by atoms with E-state index < -0.39 is 10.0 Å². The van der Waals surface area contributed by atoms with Crippen molar-refractivity contribution >= 4 is 15.8 Å². The van der Waals surface area contributed by atoms with Crippen molar-refractivity contribution in [3.8, 4) is 0 Å². The Morgan fingerprint density at radius 1 is 1.47 bits per heavy atom. The molecule has 3 N–H and O–H groups in total. The number of nitrogens with one attached hydrogen (secondary N) is 1. The van der Waals surface area contributed by atoms with Crippen LogP contribution in [0.1, 0.15) is 20.3 Å². The molecule has 0 saturated carbocycles. The van der Waals surface area contributed by atoms with Crippen LogP contribution in [-0.2, 0) is 16.6 Å². The Morgan fingerprint density at radius 2 is 2.16 bits per heavy atom. The first-order chi connectivity index (χ1) is 8.79. The highest BCUT2D eigenvalue weighted by Crippen LogP contribution is 1.99. The molecule has 8 heteroatoms. The van der Waals surface area contributed by atoms with Gasteiger partial charge in [0.15, 0.2) is 5.82 Å². The molecule has 19 heavy (non-hydrogen) atoms. The van der Waals surface area contributed by atoms with Gasteiger partial charge in [0.05, 0.1) is 5.75 Å². The Balaban J connectivity index is 2.62. The SMILES string of the molecule is CC(C)Cn1ccnc(NCCCS(N)(=O)=O)c1=O. The molecule has 0 aromatic carbocycles. The molecule has 0 bridgehead atoms. The summed E-state index contributed by atoms with van der Waals surface area (Å²) in [6, 6.07) is 0. The maximum Gasteiger partial charge on any atom is 0.293 e. The van der Waals surface area contributed by atoms with Gasteiger partial charge in [0.2, 0.25) is 10.0 Å². The molecular weight excluding hydrogens is 268 g/mol. The van der Waals surface area contributed by atoms with Gasteiger partial charge in [0, 0.05) is 25.5 Å². The number of sulfonamides is 1. The first-order valence-corrected chi connectivity index (χ1v) is 7.81. The maximum atomic E-state index is 12.0. The molecule has 7 nitrogen and oxygen atoms in total. The Labute approximate surface area is 112 Å². The number of hydrogen-bond acceptors (Lipinski definition) is 5. The van der Waals surface area contributed by atoms with Gasteiger partial charge in [-0.1, -0.05) is 13.8 Å². The fourth-order valence-corrected chi connectivity index (χ4v) is 2.13. The lowest BCUT2D eigenvalue weighted by Crippen LogP contribution is -2.27. The summed E-state index contributed by atoms with van der Waals surface area (Å²) >= 11 is 0. The molecule has 0 atom stereocenters. The largest absolute Gasteiger partial charge is 0.365 e. The average Bonchev–Trinajstić information content (AvgIpc) is 2.27. The third-order valence-electron chi connectivity index (χ3n) is 2.37. The highest BCUT2D eigenvalue weighted by atomic mass is 32.2. The molecule has 0 radical (unpaired) electrons. The Kier molecular flexibility index (Phi) is 5.49. The van der Waals surface area contributed by atoms with Crippen molar-refractivity contribution in [3.05, 3.63) is 22.7 Å². The molecular formula is C11H20N4O3S. The first-order valence-electron chi connectivity index (χ1n) is 6.09. The number of rotatable bonds is 7. The van der Waals surface area contributed by atoms with E-state index in [0.29, 0.717) is 25.4 Å². The summed E-state index contributed by atoms with van der Waals surface area (Å²) in [6.07, 6.45) is 3.52. The van der Waals surface area contributed by atoms with Crippen LogP contribution in [0.5, 0.6) is 0 Å². The Bertz CT molecular complexity index is 566. The maximum absolute atomic E-state index is 12.0. The first kappa shape index (κ1) is 15.6. The smallest absolute Gasteiger partial charge is 0.293 e. The molecule has 0 spiro atoms. The molecule has 0 aliphatic carbocycles. The van der Waals surface area contributed by atoms with Crippen LogP contribution >= 0.6 is 0 Å². The Morgan fingerprint density at radius 3 is 2.74 bits per heavy atom. The van der Waals surface area contributed by atoms with E-state index in [1.165, 1.54) is 0 Å². The van der Waals surface area contributed by atoms with E-state index in [2.05, 4.69) is 10.3 Å². The molecule has 1 heterocycles. The molecule has 1 aromatic rings. The summed E-state index contributed by atoms with van der Waals surface area (Å²) in [5, 5.41) is 7.72. The van der Waals surface area contributed by atoms with E-state index in [4.69, 9.17) is 5.14 Å². The molecule has 1 aromatic heterocycles. The van der Waals surface area contributed by atoms with Crippen molar-refractivity contribution in [2.75, 3.05) is 17.6 Å². The quantitative estimate of drug-likeness (QED) is 0.686. The van der Waals surface area contributed by atoms with Crippen LogP contribution in [0, 0.1) is 5.92 Å². The molecule has 0 amide bonds. The van der Waals surface area contributed by atoms with Crippen molar-refractivity contribution < 1.29 is 8.42 Å². The van der Waals surface area contributed by atoms with Crippen molar-refractivity contribution in [2.24, 2.45) is 11.1 Å². The summed E-state index contributed by atoms with van der Waals surface area (Å²) in [7, 11) is -3.46. The lowest BCUT2D eigenvalue weighted by atomic mass is 10.2. The summed E-state index contributed by atoms with van der Waals surface area (Å²) in [4.78, 5) is 15.9. The third-order valence-corrected chi connectivity index (χ3v) is 3.23. The molecule has 0 unspecified atom stereocenters. The van der Waals surface area contributed by atoms with Crippen LogP contribution in [0.2, 0.25) is 0 Å². The second-order valence-corrected chi connectivity index (χ2v) is 6.51. The van der Waals surface area contributed by atoms with Crippen molar-refractivity contribution in [1.29, 1.82) is 0 Å². The van der Waals surface area contributed by atoms with Gasteiger partial charge in [0.25, 0.3) is 5.56 Å². The van der Waals surface area contributed by atoms with Gasteiger partial charge in [-0.25, -0.2) is 18.5 Å². The van der Waals surface area contributed by atoms with E-state index in [0.717, 1.165) is 0 Å². The Hall–Kier alpha value is -1.41. The summed E-state index contributed by atoms with van der Waals surface area (Å²) < 4.78 is 23.1. The lowest BCUT2D eigenvalue weighted by molar-refractivity contribution is 0.509. The van der Waals surface area contributed by atoms with Gasteiger partial charge in [-0.3, -0.25) is 4.79 Å². The van der Waals surface area contributed by atoms with Gasteiger partial charge < -0.3 is 9.88 Å². The van der Waals surface area contributed by atoms with Crippen LogP contribution in [0.4, 0.5) is 5.82 Å². The standard InChI is InChI=1S/C11H20N4O3S/c1-9(2)8-15-6-5-14-10(11(15)16)13-4-3-7-19(12,17)18/h5-6,9H,3-4,7-8H2,1-2H3,(H,13,14)(H2,12,17,18). The van der Waals surface area contributed by atoms with Gasteiger partial charge in [-0.2, -0.15) is 0 Å². The minimum absolute atomic E-state index is 0.118. The molecule has 1 rings (SSSR count). The predicted octanol–water partition coefficient (Wildman–Crippen LogP) is -0.0102. The van der Waals surface area contributed by atoms with Crippen LogP contribution in [0.25, 0.3) is 0 Å². The second-order valence-electron chi connectivity index (χ2n) is 4.77. The number of anilines is 1. The minimum atomic E-state index is -3.46. The van der Waals surface area contributed by atoms with Crippen LogP contribution in [0.3, 0.4) is 0 Å². The topological polar surface area (TPSA) is 107 Å². The molecule has 0 aliphatic rings. The van der Waals surface area contributed by atoms with Crippen LogP contribution in [0.15, 0.2) is 17.2 Å². The van der Waals surface area contributed by atoms with Gasteiger partial charge in [0.1, 0.15) is 0 Å². The van der Waals surface area contributed by atoms with Crippen molar-refractivity contribution in [3.63, 3.8) is 0 Å². The summed E-state index contributed by atoms with van der Waals surface area (Å²) in [5.41, 5.74) is -0.202. The number of primary sulfonamides is 1. The second kappa shape index (κ2) is 6.67. The average molecular weight is 288 g/mol. The zero-order chi connectivity index (χ0) is 14.5. The number of hydrogen-bond donors (Lipinski definition) is 2. The number of aromatic nitrogens is 2.